The Morgan fingerprint density at radius 3 is 2.88 bits per heavy atom. The van der Waals surface area contributed by atoms with Gasteiger partial charge in [-0.2, -0.15) is 0 Å². The average molecular weight is 357 g/mol. The number of ether oxygens (including phenoxy) is 1. The van der Waals surface area contributed by atoms with Crippen LogP contribution in [0, 0.1) is 13.8 Å². The molecule has 132 valence electrons. The summed E-state index contributed by atoms with van der Waals surface area (Å²) < 4.78 is 5.02. The van der Waals surface area contributed by atoms with Crippen molar-refractivity contribution in [3.8, 4) is 11.1 Å². The predicted molar refractivity (Wildman–Crippen MR) is 103 cm³/mol. The molecule has 2 aromatic heterocycles. The molecule has 0 radical (unpaired) electrons. The van der Waals surface area contributed by atoms with E-state index in [-0.39, 0.29) is 5.56 Å². The highest BCUT2D eigenvalue weighted by atomic mass is 32.1. The highest BCUT2D eigenvalue weighted by molar-refractivity contribution is 7.17. The van der Waals surface area contributed by atoms with E-state index in [2.05, 4.69) is 47.3 Å². The molecule has 5 nitrogen and oxygen atoms in total. The van der Waals surface area contributed by atoms with Crippen LogP contribution in [-0.2, 0) is 11.3 Å². The van der Waals surface area contributed by atoms with Crippen molar-refractivity contribution in [1.82, 2.24) is 15.3 Å². The zero-order chi connectivity index (χ0) is 17.8. The highest BCUT2D eigenvalue weighted by Crippen LogP contribution is 2.31. The van der Waals surface area contributed by atoms with Crippen molar-refractivity contribution in [3.05, 3.63) is 50.9 Å². The molecule has 0 saturated heterocycles. The van der Waals surface area contributed by atoms with Crippen LogP contribution in [0.2, 0.25) is 0 Å². The van der Waals surface area contributed by atoms with Crippen LogP contribution in [-0.4, -0.2) is 30.2 Å². The van der Waals surface area contributed by atoms with Gasteiger partial charge < -0.3 is 15.0 Å². The first kappa shape index (κ1) is 17.8. The molecule has 3 aromatic rings. The van der Waals surface area contributed by atoms with Gasteiger partial charge in [0.1, 0.15) is 10.7 Å². The Labute approximate surface area is 151 Å². The van der Waals surface area contributed by atoms with Crippen LogP contribution in [0.5, 0.6) is 0 Å². The summed E-state index contributed by atoms with van der Waals surface area (Å²) in [6.45, 7) is 6.27. The van der Waals surface area contributed by atoms with Crippen molar-refractivity contribution in [3.63, 3.8) is 0 Å². The van der Waals surface area contributed by atoms with E-state index in [1.807, 2.05) is 5.38 Å². The van der Waals surface area contributed by atoms with Crippen molar-refractivity contribution in [1.29, 1.82) is 0 Å². The molecule has 1 aromatic carbocycles. The third-order valence-electron chi connectivity index (χ3n) is 4.31. The van der Waals surface area contributed by atoms with E-state index in [1.54, 1.807) is 7.11 Å². The van der Waals surface area contributed by atoms with Gasteiger partial charge in [-0.25, -0.2) is 4.98 Å². The lowest BCUT2D eigenvalue weighted by atomic mass is 10.0. The molecule has 25 heavy (non-hydrogen) atoms. The summed E-state index contributed by atoms with van der Waals surface area (Å²) in [6, 6.07) is 6.28. The van der Waals surface area contributed by atoms with E-state index in [4.69, 9.17) is 4.74 Å². The summed E-state index contributed by atoms with van der Waals surface area (Å²) in [5.74, 6) is 0.670. The third kappa shape index (κ3) is 3.98. The molecule has 2 N–H and O–H groups in total. The molecule has 0 aliphatic carbocycles. The number of aryl methyl sites for hydroxylation is 2. The van der Waals surface area contributed by atoms with Gasteiger partial charge in [0.25, 0.3) is 5.56 Å². The Balaban J connectivity index is 1.86. The summed E-state index contributed by atoms with van der Waals surface area (Å²) in [6.07, 6.45) is 0.929. The van der Waals surface area contributed by atoms with E-state index in [1.165, 1.54) is 22.5 Å². The van der Waals surface area contributed by atoms with E-state index >= 15 is 0 Å². The van der Waals surface area contributed by atoms with Gasteiger partial charge in [-0.15, -0.1) is 11.3 Å². The number of benzene rings is 1. The number of fused-ring (bicyclic) bond motifs is 1. The van der Waals surface area contributed by atoms with Gasteiger partial charge >= 0.3 is 0 Å². The SMILES string of the molecule is COCCCNCc1nc2scc(-c3ccc(C)c(C)c3)c2c(=O)[nH]1. The Morgan fingerprint density at radius 2 is 2.12 bits per heavy atom. The first-order valence-electron chi connectivity index (χ1n) is 8.38. The molecule has 0 atom stereocenters. The van der Waals surface area contributed by atoms with Gasteiger partial charge in [0, 0.05) is 24.7 Å². The van der Waals surface area contributed by atoms with Crippen molar-refractivity contribution in [2.24, 2.45) is 0 Å². The molecule has 3 rings (SSSR count). The molecule has 0 amide bonds. The number of rotatable bonds is 7. The lowest BCUT2D eigenvalue weighted by molar-refractivity contribution is 0.194. The lowest BCUT2D eigenvalue weighted by Gasteiger charge is -2.06. The van der Waals surface area contributed by atoms with Gasteiger partial charge in [0.05, 0.1) is 11.9 Å². The van der Waals surface area contributed by atoms with Crippen molar-refractivity contribution >= 4 is 21.6 Å². The number of hydrogen-bond acceptors (Lipinski definition) is 5. The largest absolute Gasteiger partial charge is 0.385 e. The quantitative estimate of drug-likeness (QED) is 0.636. The standard InChI is InChI=1S/C19H23N3O2S/c1-12-5-6-14(9-13(12)2)15-11-25-19-17(15)18(23)21-16(22-19)10-20-7-4-8-24-3/h5-6,9,11,20H,4,7-8,10H2,1-3H3,(H,21,22,23). The van der Waals surface area contributed by atoms with E-state index in [0.29, 0.717) is 17.8 Å². The molecule has 2 heterocycles. The maximum Gasteiger partial charge on any atom is 0.260 e. The fourth-order valence-corrected chi connectivity index (χ4v) is 3.71. The summed E-state index contributed by atoms with van der Waals surface area (Å²) in [7, 11) is 1.69. The maximum absolute atomic E-state index is 12.6. The molecule has 0 unspecified atom stereocenters. The lowest BCUT2D eigenvalue weighted by Crippen LogP contribution is -2.20. The van der Waals surface area contributed by atoms with Gasteiger partial charge in [-0.3, -0.25) is 4.79 Å². The number of hydrogen-bond donors (Lipinski definition) is 2. The normalized spacial score (nSPS) is 11.3. The van der Waals surface area contributed by atoms with Crippen LogP contribution in [0.15, 0.2) is 28.4 Å². The molecular weight excluding hydrogens is 334 g/mol. The Hall–Kier alpha value is -2.02. The topological polar surface area (TPSA) is 67.0 Å². The number of H-pyrrole nitrogens is 1. The summed E-state index contributed by atoms with van der Waals surface area (Å²) >= 11 is 1.52. The number of methoxy groups -OCH3 is 1. The number of aromatic amines is 1. The molecule has 0 aliphatic heterocycles. The van der Waals surface area contributed by atoms with Crippen LogP contribution < -0.4 is 10.9 Å². The zero-order valence-corrected chi connectivity index (χ0v) is 15.6. The van der Waals surface area contributed by atoms with Crippen molar-refractivity contribution < 1.29 is 4.74 Å². The third-order valence-corrected chi connectivity index (χ3v) is 5.18. The molecular formula is C19H23N3O2S. The van der Waals surface area contributed by atoms with Crippen LogP contribution in [0.3, 0.4) is 0 Å². The van der Waals surface area contributed by atoms with Crippen molar-refractivity contribution in [2.75, 3.05) is 20.3 Å². The fraction of sp³-hybridized carbons (Fsp3) is 0.368. The molecule has 0 bridgehead atoms. The van der Waals surface area contributed by atoms with Crippen LogP contribution in [0.4, 0.5) is 0 Å². The minimum Gasteiger partial charge on any atom is -0.385 e. The van der Waals surface area contributed by atoms with Gasteiger partial charge in [0.15, 0.2) is 0 Å². The molecule has 0 fully saturated rings. The van der Waals surface area contributed by atoms with Gasteiger partial charge in [0.2, 0.25) is 0 Å². The zero-order valence-electron chi connectivity index (χ0n) is 14.8. The van der Waals surface area contributed by atoms with E-state index < -0.39 is 0 Å². The van der Waals surface area contributed by atoms with Crippen LogP contribution in [0.25, 0.3) is 21.3 Å². The minimum absolute atomic E-state index is 0.0758. The minimum atomic E-state index is -0.0758. The fourth-order valence-electron chi connectivity index (χ4n) is 2.75. The van der Waals surface area contributed by atoms with E-state index in [0.717, 1.165) is 35.5 Å². The smallest absolute Gasteiger partial charge is 0.260 e. The second kappa shape index (κ2) is 7.91. The number of thiophene rings is 1. The average Bonchev–Trinajstić information content (AvgIpc) is 3.02. The second-order valence-electron chi connectivity index (χ2n) is 6.16. The monoisotopic (exact) mass is 357 g/mol. The predicted octanol–water partition coefficient (Wildman–Crippen LogP) is 3.39. The summed E-state index contributed by atoms with van der Waals surface area (Å²) in [4.78, 5) is 20.9. The van der Waals surface area contributed by atoms with Crippen LogP contribution >= 0.6 is 11.3 Å². The Kier molecular flexibility index (Phi) is 5.63. The number of nitrogens with zero attached hydrogens (tertiary/aromatic N) is 1. The Morgan fingerprint density at radius 1 is 1.28 bits per heavy atom. The number of aromatic nitrogens is 2. The summed E-state index contributed by atoms with van der Waals surface area (Å²) in [5.41, 5.74) is 4.41. The van der Waals surface area contributed by atoms with Crippen LogP contribution in [0.1, 0.15) is 23.4 Å². The van der Waals surface area contributed by atoms with Crippen molar-refractivity contribution in [2.45, 2.75) is 26.8 Å². The molecule has 0 spiro atoms. The molecule has 0 aliphatic rings. The molecule has 0 saturated carbocycles. The first-order valence-corrected chi connectivity index (χ1v) is 9.26. The molecule has 6 heteroatoms. The summed E-state index contributed by atoms with van der Waals surface area (Å²) in [5, 5.41) is 5.97. The second-order valence-corrected chi connectivity index (χ2v) is 7.02. The highest BCUT2D eigenvalue weighted by Gasteiger charge is 2.13. The van der Waals surface area contributed by atoms with Gasteiger partial charge in [-0.1, -0.05) is 18.2 Å². The van der Waals surface area contributed by atoms with Gasteiger partial charge in [-0.05, 0) is 43.5 Å². The maximum atomic E-state index is 12.6. The number of nitrogens with one attached hydrogen (secondary N) is 2. The van der Waals surface area contributed by atoms with E-state index in [9.17, 15) is 4.79 Å². The Bertz CT molecular complexity index is 930. The first-order chi connectivity index (χ1) is 12.1.